The molecule has 0 radical (unpaired) electrons. The van der Waals surface area contributed by atoms with E-state index in [2.05, 4.69) is 16.3 Å². The Morgan fingerprint density at radius 1 is 1.40 bits per heavy atom. The predicted octanol–water partition coefficient (Wildman–Crippen LogP) is 2.32. The average Bonchev–Trinajstić information content (AvgIpc) is 2.05. The fourth-order valence-electron chi connectivity index (χ4n) is 1.69. The van der Waals surface area contributed by atoms with E-state index < -0.39 is 0 Å². The zero-order valence-corrected chi connectivity index (χ0v) is 6.08. The Morgan fingerprint density at radius 3 is 3.30 bits per heavy atom. The van der Waals surface area contributed by atoms with Crippen molar-refractivity contribution in [3.63, 3.8) is 0 Å². The lowest BCUT2D eigenvalue weighted by Crippen LogP contribution is -2.15. The second-order valence-corrected chi connectivity index (χ2v) is 2.98. The van der Waals surface area contributed by atoms with Crippen LogP contribution in [0.25, 0.3) is 0 Å². The van der Waals surface area contributed by atoms with Gasteiger partial charge in [-0.1, -0.05) is 12.5 Å². The van der Waals surface area contributed by atoms with Gasteiger partial charge in [0.1, 0.15) is 0 Å². The topological polar surface area (TPSA) is 24.7 Å². The van der Waals surface area contributed by atoms with Gasteiger partial charge >= 0.3 is 0 Å². The first-order valence-corrected chi connectivity index (χ1v) is 4.02. The summed E-state index contributed by atoms with van der Waals surface area (Å²) in [5.41, 5.74) is 1.54. The van der Waals surface area contributed by atoms with Gasteiger partial charge in [-0.05, 0) is 24.8 Å². The van der Waals surface area contributed by atoms with E-state index in [-0.39, 0.29) is 0 Å². The molecule has 1 heterocycles. The van der Waals surface area contributed by atoms with Crippen molar-refractivity contribution in [2.45, 2.75) is 31.7 Å². The van der Waals surface area contributed by atoms with Gasteiger partial charge in [0.15, 0.2) is 0 Å². The Balaban J connectivity index is 2.13. The first kappa shape index (κ1) is 6.08. The third-order valence-electron chi connectivity index (χ3n) is 2.28. The fraction of sp³-hybridized carbons (Fsp3) is 0.750. The Morgan fingerprint density at radius 2 is 2.40 bits per heavy atom. The third kappa shape index (κ3) is 0.981. The van der Waals surface area contributed by atoms with E-state index in [0.717, 1.165) is 6.54 Å². The van der Waals surface area contributed by atoms with Crippen LogP contribution >= 0.6 is 0 Å². The van der Waals surface area contributed by atoms with Gasteiger partial charge in [0.2, 0.25) is 0 Å². The summed E-state index contributed by atoms with van der Waals surface area (Å²) in [6.45, 7) is 0.825. The molecule has 10 heavy (non-hydrogen) atoms. The molecular weight excluding hydrogens is 124 g/mol. The summed E-state index contributed by atoms with van der Waals surface area (Å²) in [5, 5.41) is 8.22. The summed E-state index contributed by atoms with van der Waals surface area (Å²) >= 11 is 0. The summed E-state index contributed by atoms with van der Waals surface area (Å²) in [5.74, 6) is 0. The molecule has 0 saturated heterocycles. The van der Waals surface area contributed by atoms with E-state index in [1.54, 1.807) is 5.57 Å². The summed E-state index contributed by atoms with van der Waals surface area (Å²) in [6.07, 6.45) is 7.44. The van der Waals surface area contributed by atoms with Crippen LogP contribution in [-0.2, 0) is 0 Å². The quantitative estimate of drug-likeness (QED) is 0.456. The summed E-state index contributed by atoms with van der Waals surface area (Å²) in [6, 6.07) is 0.475. The average molecular weight is 136 g/mol. The van der Waals surface area contributed by atoms with Crippen LogP contribution in [0.1, 0.15) is 25.7 Å². The molecule has 2 aliphatic rings. The van der Waals surface area contributed by atoms with Crippen molar-refractivity contribution in [2.75, 3.05) is 6.54 Å². The number of hydrogen-bond acceptors (Lipinski definition) is 2. The highest BCUT2D eigenvalue weighted by atomic mass is 15.1. The Labute approximate surface area is 61.0 Å². The maximum absolute atomic E-state index is 4.21. The Bertz CT molecular complexity index is 182. The van der Waals surface area contributed by atoms with Gasteiger partial charge < -0.3 is 0 Å². The molecule has 2 heteroatoms. The van der Waals surface area contributed by atoms with E-state index in [0.29, 0.717) is 6.04 Å². The van der Waals surface area contributed by atoms with E-state index >= 15 is 0 Å². The smallest absolute Gasteiger partial charge is 0.0918 e. The SMILES string of the molecule is C1=C2CCCCC2N=NC1. The van der Waals surface area contributed by atoms with Gasteiger partial charge in [-0.25, -0.2) is 0 Å². The molecule has 1 unspecified atom stereocenters. The fourth-order valence-corrected chi connectivity index (χ4v) is 1.69. The van der Waals surface area contributed by atoms with Crippen LogP contribution in [0.3, 0.4) is 0 Å². The molecule has 1 atom stereocenters. The van der Waals surface area contributed by atoms with Crippen LogP contribution in [0.5, 0.6) is 0 Å². The number of azo groups is 1. The van der Waals surface area contributed by atoms with E-state index in [9.17, 15) is 0 Å². The molecule has 0 N–H and O–H groups in total. The second kappa shape index (κ2) is 2.52. The van der Waals surface area contributed by atoms with Crippen LogP contribution < -0.4 is 0 Å². The molecule has 54 valence electrons. The molecule has 0 aromatic heterocycles. The van der Waals surface area contributed by atoms with E-state index in [1.165, 1.54) is 25.7 Å². The lowest BCUT2D eigenvalue weighted by molar-refractivity contribution is 0.509. The zero-order valence-electron chi connectivity index (χ0n) is 6.08. The van der Waals surface area contributed by atoms with Gasteiger partial charge in [-0.2, -0.15) is 10.2 Å². The molecule has 0 spiro atoms. The number of hydrogen-bond donors (Lipinski definition) is 0. The van der Waals surface area contributed by atoms with Gasteiger partial charge in [0, 0.05) is 0 Å². The highest BCUT2D eigenvalue weighted by Crippen LogP contribution is 2.27. The van der Waals surface area contributed by atoms with Crippen molar-refractivity contribution in [1.82, 2.24) is 0 Å². The van der Waals surface area contributed by atoms with Crippen LogP contribution in [0.2, 0.25) is 0 Å². The number of nitrogens with zero attached hydrogens (tertiary/aromatic N) is 2. The van der Waals surface area contributed by atoms with Crippen molar-refractivity contribution >= 4 is 0 Å². The third-order valence-corrected chi connectivity index (χ3v) is 2.28. The van der Waals surface area contributed by atoms with Crippen molar-refractivity contribution in [3.05, 3.63) is 11.6 Å². The Kier molecular flexibility index (Phi) is 1.53. The minimum absolute atomic E-state index is 0.475. The molecule has 1 fully saturated rings. The first-order valence-electron chi connectivity index (χ1n) is 4.02. The van der Waals surface area contributed by atoms with Crippen molar-refractivity contribution in [2.24, 2.45) is 10.2 Å². The molecular formula is C8H12N2. The van der Waals surface area contributed by atoms with Crippen LogP contribution in [0.15, 0.2) is 21.9 Å². The van der Waals surface area contributed by atoms with E-state index in [4.69, 9.17) is 0 Å². The molecule has 0 bridgehead atoms. The van der Waals surface area contributed by atoms with Gasteiger partial charge in [-0.3, -0.25) is 0 Å². The maximum Gasteiger partial charge on any atom is 0.0918 e. The zero-order chi connectivity index (χ0) is 6.81. The lowest BCUT2D eigenvalue weighted by Gasteiger charge is -2.22. The largest absolute Gasteiger partial charge is 0.189 e. The molecule has 0 aromatic carbocycles. The maximum atomic E-state index is 4.21. The van der Waals surface area contributed by atoms with Crippen molar-refractivity contribution in [1.29, 1.82) is 0 Å². The van der Waals surface area contributed by atoms with Crippen molar-refractivity contribution < 1.29 is 0 Å². The molecule has 0 amide bonds. The second-order valence-electron chi connectivity index (χ2n) is 2.98. The summed E-state index contributed by atoms with van der Waals surface area (Å²) in [4.78, 5) is 0. The van der Waals surface area contributed by atoms with Crippen LogP contribution in [-0.4, -0.2) is 12.6 Å². The standard InChI is InChI=1S/C8H12N2/c1-2-4-8-7(3-1)5-6-9-10-8/h5,8H,1-4,6H2. The molecule has 2 nitrogen and oxygen atoms in total. The summed E-state index contributed by atoms with van der Waals surface area (Å²) in [7, 11) is 0. The van der Waals surface area contributed by atoms with Gasteiger partial charge in [-0.15, -0.1) is 0 Å². The molecule has 2 rings (SSSR count). The van der Waals surface area contributed by atoms with Crippen LogP contribution in [0, 0.1) is 0 Å². The minimum atomic E-state index is 0.475. The molecule has 1 aliphatic carbocycles. The minimum Gasteiger partial charge on any atom is -0.189 e. The predicted molar refractivity (Wildman–Crippen MR) is 40.1 cm³/mol. The lowest BCUT2D eigenvalue weighted by atomic mass is 9.90. The monoisotopic (exact) mass is 136 g/mol. The Hall–Kier alpha value is -0.660. The number of rotatable bonds is 0. The summed E-state index contributed by atoms with van der Waals surface area (Å²) < 4.78 is 0. The van der Waals surface area contributed by atoms with Gasteiger partial charge in [0.05, 0.1) is 12.6 Å². The van der Waals surface area contributed by atoms with Gasteiger partial charge in [0.25, 0.3) is 0 Å². The molecule has 0 aromatic rings. The normalized spacial score (nSPS) is 31.2. The highest BCUT2D eigenvalue weighted by Gasteiger charge is 2.19. The first-order chi connectivity index (χ1) is 4.97. The molecule has 1 aliphatic heterocycles. The van der Waals surface area contributed by atoms with Crippen LogP contribution in [0.4, 0.5) is 0 Å². The molecule has 1 saturated carbocycles. The van der Waals surface area contributed by atoms with Crippen molar-refractivity contribution in [3.8, 4) is 0 Å². The highest BCUT2D eigenvalue weighted by molar-refractivity contribution is 5.15. The van der Waals surface area contributed by atoms with E-state index in [1.807, 2.05) is 0 Å². The number of fused-ring (bicyclic) bond motifs is 1.